The smallest absolute Gasteiger partial charge is 0.248 e. The zero-order chi connectivity index (χ0) is 10.6. The third-order valence-corrected chi connectivity index (χ3v) is 2.79. The number of thiol groups is 1. The predicted octanol–water partition coefficient (Wildman–Crippen LogP) is 0.0528. The summed E-state index contributed by atoms with van der Waals surface area (Å²) < 4.78 is 4.81. The summed E-state index contributed by atoms with van der Waals surface area (Å²) in [5.41, 5.74) is 0. The van der Waals surface area contributed by atoms with Gasteiger partial charge in [-0.1, -0.05) is 0 Å². The molecule has 0 aromatic rings. The molecule has 0 saturated carbocycles. The van der Waals surface area contributed by atoms with Crippen LogP contribution in [0.25, 0.3) is 0 Å². The van der Waals surface area contributed by atoms with Crippen molar-refractivity contribution >= 4 is 18.5 Å². The first-order valence-electron chi connectivity index (χ1n) is 4.84. The van der Waals surface area contributed by atoms with Crippen LogP contribution in [0.5, 0.6) is 0 Å². The van der Waals surface area contributed by atoms with Crippen molar-refractivity contribution in [3.05, 3.63) is 0 Å². The molecule has 1 saturated heterocycles. The molecule has 0 N–H and O–H groups in total. The summed E-state index contributed by atoms with van der Waals surface area (Å²) in [6, 6.07) is 0. The Kier molecular flexibility index (Phi) is 4.71. The van der Waals surface area contributed by atoms with E-state index in [1.54, 1.807) is 7.11 Å². The van der Waals surface area contributed by atoms with Gasteiger partial charge >= 0.3 is 0 Å². The van der Waals surface area contributed by atoms with Gasteiger partial charge in [0.05, 0.1) is 5.37 Å². The van der Waals surface area contributed by atoms with E-state index in [2.05, 4.69) is 24.5 Å². The fraction of sp³-hybridized carbons (Fsp3) is 0.889. The van der Waals surface area contributed by atoms with Crippen LogP contribution in [0, 0.1) is 0 Å². The van der Waals surface area contributed by atoms with Crippen LogP contribution in [-0.4, -0.2) is 61.0 Å². The van der Waals surface area contributed by atoms with Crippen molar-refractivity contribution in [2.75, 3.05) is 39.9 Å². The van der Waals surface area contributed by atoms with Crippen LogP contribution in [-0.2, 0) is 9.53 Å². The SMILES string of the molecule is COCC(=O)N1CCN(C(C)S)CC1. The second kappa shape index (κ2) is 5.58. The van der Waals surface area contributed by atoms with Gasteiger partial charge in [-0.25, -0.2) is 0 Å². The topological polar surface area (TPSA) is 32.8 Å². The maximum atomic E-state index is 11.4. The summed E-state index contributed by atoms with van der Waals surface area (Å²) in [6.45, 7) is 5.62. The van der Waals surface area contributed by atoms with Crippen molar-refractivity contribution in [3.63, 3.8) is 0 Å². The number of carbonyl (C=O) groups excluding carboxylic acids is 1. The van der Waals surface area contributed by atoms with Crippen molar-refractivity contribution in [3.8, 4) is 0 Å². The molecule has 1 aliphatic heterocycles. The molecule has 0 spiro atoms. The molecule has 0 aliphatic carbocycles. The molecule has 1 atom stereocenters. The van der Waals surface area contributed by atoms with Crippen molar-refractivity contribution < 1.29 is 9.53 Å². The molecule has 1 amide bonds. The number of carbonyl (C=O) groups is 1. The van der Waals surface area contributed by atoms with Crippen molar-refractivity contribution in [1.82, 2.24) is 9.80 Å². The Morgan fingerprint density at radius 1 is 1.43 bits per heavy atom. The minimum Gasteiger partial charge on any atom is -0.375 e. The molecule has 5 heteroatoms. The highest BCUT2D eigenvalue weighted by Crippen LogP contribution is 2.08. The molecule has 4 nitrogen and oxygen atoms in total. The van der Waals surface area contributed by atoms with Gasteiger partial charge in [-0.05, 0) is 6.92 Å². The quantitative estimate of drug-likeness (QED) is 0.680. The van der Waals surface area contributed by atoms with Crippen LogP contribution in [0.3, 0.4) is 0 Å². The maximum absolute atomic E-state index is 11.4. The summed E-state index contributed by atoms with van der Waals surface area (Å²) in [7, 11) is 1.55. The van der Waals surface area contributed by atoms with Crippen LogP contribution in [0.1, 0.15) is 6.92 Å². The van der Waals surface area contributed by atoms with Crippen LogP contribution < -0.4 is 0 Å². The lowest BCUT2D eigenvalue weighted by Gasteiger charge is -2.36. The molecule has 82 valence electrons. The molecule has 0 aromatic carbocycles. The lowest BCUT2D eigenvalue weighted by Crippen LogP contribution is -2.51. The van der Waals surface area contributed by atoms with Crippen molar-refractivity contribution in [2.45, 2.75) is 12.3 Å². The molecule has 1 unspecified atom stereocenters. The third-order valence-electron chi connectivity index (χ3n) is 2.46. The van der Waals surface area contributed by atoms with Crippen LogP contribution in [0.15, 0.2) is 0 Å². The van der Waals surface area contributed by atoms with Gasteiger partial charge < -0.3 is 9.64 Å². The highest BCUT2D eigenvalue weighted by molar-refractivity contribution is 7.80. The molecular weight excluding hydrogens is 200 g/mol. The third kappa shape index (κ3) is 3.15. The largest absolute Gasteiger partial charge is 0.375 e. The molecule has 1 heterocycles. The molecule has 1 rings (SSSR count). The number of methoxy groups -OCH3 is 1. The Labute approximate surface area is 90.6 Å². The van der Waals surface area contributed by atoms with E-state index < -0.39 is 0 Å². The Bertz CT molecular complexity index is 191. The Balaban J connectivity index is 2.31. The van der Waals surface area contributed by atoms with E-state index in [1.165, 1.54) is 0 Å². The number of hydrogen-bond donors (Lipinski definition) is 1. The second-order valence-electron chi connectivity index (χ2n) is 3.48. The summed E-state index contributed by atoms with van der Waals surface area (Å²) in [5.74, 6) is 0.0824. The van der Waals surface area contributed by atoms with E-state index in [4.69, 9.17) is 4.74 Å². The molecule has 0 bridgehead atoms. The first-order chi connectivity index (χ1) is 6.65. The summed E-state index contributed by atoms with van der Waals surface area (Å²) in [5, 5.41) is 0.273. The van der Waals surface area contributed by atoms with Gasteiger partial charge in [0.2, 0.25) is 5.91 Å². The molecule has 0 radical (unpaired) electrons. The normalized spacial score (nSPS) is 20.9. The average Bonchev–Trinajstić information content (AvgIpc) is 2.18. The monoisotopic (exact) mass is 218 g/mol. The van der Waals surface area contributed by atoms with Crippen LogP contribution in [0.4, 0.5) is 0 Å². The van der Waals surface area contributed by atoms with E-state index in [0.29, 0.717) is 0 Å². The fourth-order valence-corrected chi connectivity index (χ4v) is 1.79. The van der Waals surface area contributed by atoms with Gasteiger partial charge in [-0.15, -0.1) is 0 Å². The molecule has 0 aromatic heterocycles. The number of ether oxygens (including phenoxy) is 1. The van der Waals surface area contributed by atoms with Gasteiger partial charge in [-0.3, -0.25) is 9.69 Å². The average molecular weight is 218 g/mol. The molecule has 1 aliphatic rings. The van der Waals surface area contributed by atoms with Crippen LogP contribution >= 0.6 is 12.6 Å². The Morgan fingerprint density at radius 2 is 2.00 bits per heavy atom. The van der Waals surface area contributed by atoms with E-state index in [1.807, 2.05) is 4.90 Å². The number of rotatable bonds is 3. The zero-order valence-electron chi connectivity index (χ0n) is 8.77. The minimum atomic E-state index is 0.0824. The molecule has 1 fully saturated rings. The number of amides is 1. The summed E-state index contributed by atoms with van der Waals surface area (Å²) in [6.07, 6.45) is 0. The van der Waals surface area contributed by atoms with Crippen molar-refractivity contribution in [1.29, 1.82) is 0 Å². The van der Waals surface area contributed by atoms with Gasteiger partial charge in [-0.2, -0.15) is 12.6 Å². The number of hydrogen-bond acceptors (Lipinski definition) is 4. The number of piperazine rings is 1. The summed E-state index contributed by atoms with van der Waals surface area (Å²) >= 11 is 4.36. The van der Waals surface area contributed by atoms with E-state index in [0.717, 1.165) is 26.2 Å². The van der Waals surface area contributed by atoms with E-state index >= 15 is 0 Å². The van der Waals surface area contributed by atoms with Crippen molar-refractivity contribution in [2.24, 2.45) is 0 Å². The molecular formula is C9H18N2O2S. The zero-order valence-corrected chi connectivity index (χ0v) is 9.67. The highest BCUT2D eigenvalue weighted by Gasteiger charge is 2.22. The lowest BCUT2D eigenvalue weighted by atomic mass is 10.3. The van der Waals surface area contributed by atoms with Gasteiger partial charge in [0, 0.05) is 33.3 Å². The Hall–Kier alpha value is -0.260. The van der Waals surface area contributed by atoms with Gasteiger partial charge in [0.1, 0.15) is 6.61 Å². The predicted molar refractivity (Wildman–Crippen MR) is 58.5 cm³/mol. The Morgan fingerprint density at radius 3 is 2.43 bits per heavy atom. The minimum absolute atomic E-state index is 0.0824. The van der Waals surface area contributed by atoms with Gasteiger partial charge in [0.15, 0.2) is 0 Å². The lowest BCUT2D eigenvalue weighted by molar-refractivity contribution is -0.136. The van der Waals surface area contributed by atoms with E-state index in [9.17, 15) is 4.79 Å². The summed E-state index contributed by atoms with van der Waals surface area (Å²) in [4.78, 5) is 15.5. The number of nitrogens with zero attached hydrogens (tertiary/aromatic N) is 2. The molecule has 14 heavy (non-hydrogen) atoms. The van der Waals surface area contributed by atoms with Crippen LogP contribution in [0.2, 0.25) is 0 Å². The maximum Gasteiger partial charge on any atom is 0.248 e. The fourth-order valence-electron chi connectivity index (χ4n) is 1.56. The standard InChI is InChI=1S/C9H18N2O2S/c1-8(14)10-3-5-11(6-4-10)9(12)7-13-2/h8,14H,3-7H2,1-2H3. The van der Waals surface area contributed by atoms with Gasteiger partial charge in [0.25, 0.3) is 0 Å². The first kappa shape index (κ1) is 11.8. The second-order valence-corrected chi connectivity index (χ2v) is 4.23. The highest BCUT2D eigenvalue weighted by atomic mass is 32.1. The van der Waals surface area contributed by atoms with E-state index in [-0.39, 0.29) is 17.9 Å². The first-order valence-corrected chi connectivity index (χ1v) is 5.35.